The van der Waals surface area contributed by atoms with Crippen LogP contribution in [0.5, 0.6) is 5.75 Å². The van der Waals surface area contributed by atoms with Crippen molar-refractivity contribution in [1.82, 2.24) is 5.32 Å². The fourth-order valence-corrected chi connectivity index (χ4v) is 3.32. The maximum Gasteiger partial charge on any atom is 0.239 e. The SMILES string of the molecule is COc1c(NCC(=O)NCc2ccccc2)cc(C)cc1S(C)(=O)=O. The Bertz CT molecular complexity index is 849. The molecule has 0 unspecified atom stereocenters. The van der Waals surface area contributed by atoms with E-state index < -0.39 is 9.84 Å². The van der Waals surface area contributed by atoms with Gasteiger partial charge in [-0.25, -0.2) is 8.42 Å². The van der Waals surface area contributed by atoms with E-state index in [4.69, 9.17) is 4.74 Å². The Kier molecular flexibility index (Phi) is 6.03. The van der Waals surface area contributed by atoms with Crippen molar-refractivity contribution >= 4 is 21.4 Å². The van der Waals surface area contributed by atoms with Gasteiger partial charge >= 0.3 is 0 Å². The lowest BCUT2D eigenvalue weighted by Crippen LogP contribution is -2.29. The van der Waals surface area contributed by atoms with E-state index in [1.807, 2.05) is 30.3 Å². The molecule has 0 radical (unpaired) electrons. The first-order chi connectivity index (χ1) is 11.8. The van der Waals surface area contributed by atoms with Gasteiger partial charge in [0.05, 0.1) is 19.3 Å². The molecule has 0 bridgehead atoms. The lowest BCUT2D eigenvalue weighted by Gasteiger charge is -2.15. The Balaban J connectivity index is 2.07. The predicted molar refractivity (Wildman–Crippen MR) is 97.6 cm³/mol. The van der Waals surface area contributed by atoms with Crippen LogP contribution in [0.15, 0.2) is 47.4 Å². The van der Waals surface area contributed by atoms with Gasteiger partial charge in [0.25, 0.3) is 0 Å². The van der Waals surface area contributed by atoms with E-state index in [1.165, 1.54) is 7.11 Å². The molecule has 2 rings (SSSR count). The molecular formula is C18H22N2O4S. The number of aryl methyl sites for hydroxylation is 1. The van der Waals surface area contributed by atoms with Crippen LogP contribution in [0.2, 0.25) is 0 Å². The zero-order chi connectivity index (χ0) is 18.4. The van der Waals surface area contributed by atoms with Gasteiger partial charge < -0.3 is 15.4 Å². The smallest absolute Gasteiger partial charge is 0.239 e. The third-order valence-electron chi connectivity index (χ3n) is 3.57. The summed E-state index contributed by atoms with van der Waals surface area (Å²) in [5.41, 5.74) is 2.23. The molecule has 0 saturated carbocycles. The Hall–Kier alpha value is -2.54. The Morgan fingerprint density at radius 2 is 1.84 bits per heavy atom. The molecule has 0 atom stereocenters. The molecule has 0 aliphatic rings. The minimum atomic E-state index is -3.44. The zero-order valence-electron chi connectivity index (χ0n) is 14.5. The maximum absolute atomic E-state index is 12.0. The van der Waals surface area contributed by atoms with Crippen LogP contribution < -0.4 is 15.4 Å². The molecule has 0 heterocycles. The number of benzene rings is 2. The summed E-state index contributed by atoms with van der Waals surface area (Å²) >= 11 is 0. The zero-order valence-corrected chi connectivity index (χ0v) is 15.3. The number of methoxy groups -OCH3 is 1. The quantitative estimate of drug-likeness (QED) is 0.788. The summed E-state index contributed by atoms with van der Waals surface area (Å²) in [4.78, 5) is 12.1. The fourth-order valence-electron chi connectivity index (χ4n) is 2.39. The van der Waals surface area contributed by atoms with E-state index >= 15 is 0 Å². The second-order valence-corrected chi connectivity index (χ2v) is 7.72. The number of ether oxygens (including phenoxy) is 1. The van der Waals surface area contributed by atoms with Gasteiger partial charge in [-0.15, -0.1) is 0 Å². The third-order valence-corrected chi connectivity index (χ3v) is 4.68. The highest BCUT2D eigenvalue weighted by molar-refractivity contribution is 7.90. The van der Waals surface area contributed by atoms with Gasteiger partial charge in [0.2, 0.25) is 5.91 Å². The Labute approximate surface area is 148 Å². The molecule has 2 aromatic rings. The van der Waals surface area contributed by atoms with Crippen molar-refractivity contribution in [2.24, 2.45) is 0 Å². The predicted octanol–water partition coefficient (Wildman–Crippen LogP) is 2.14. The average molecular weight is 362 g/mol. The van der Waals surface area contributed by atoms with Crippen molar-refractivity contribution in [2.75, 3.05) is 25.2 Å². The van der Waals surface area contributed by atoms with Crippen LogP contribution >= 0.6 is 0 Å². The van der Waals surface area contributed by atoms with E-state index in [0.29, 0.717) is 12.2 Å². The molecule has 134 valence electrons. The van der Waals surface area contributed by atoms with E-state index in [1.54, 1.807) is 19.1 Å². The maximum atomic E-state index is 12.0. The van der Waals surface area contributed by atoms with Crippen molar-refractivity contribution in [1.29, 1.82) is 0 Å². The molecule has 2 aromatic carbocycles. The topological polar surface area (TPSA) is 84.5 Å². The number of carbonyl (C=O) groups excluding carboxylic acids is 1. The number of amides is 1. The molecule has 0 aromatic heterocycles. The molecule has 0 spiro atoms. The number of nitrogens with one attached hydrogen (secondary N) is 2. The number of carbonyl (C=O) groups is 1. The number of anilines is 1. The van der Waals surface area contributed by atoms with Crippen LogP contribution in [0.25, 0.3) is 0 Å². The fraction of sp³-hybridized carbons (Fsp3) is 0.278. The summed E-state index contributed by atoms with van der Waals surface area (Å²) in [5, 5.41) is 5.76. The van der Waals surface area contributed by atoms with Crippen LogP contribution in [0.1, 0.15) is 11.1 Å². The van der Waals surface area contributed by atoms with Gasteiger partial charge in [0, 0.05) is 12.8 Å². The van der Waals surface area contributed by atoms with Gasteiger partial charge in [0.1, 0.15) is 4.90 Å². The standard InChI is InChI=1S/C18H22N2O4S/c1-13-9-15(18(24-2)16(10-13)25(3,22)23)19-12-17(21)20-11-14-7-5-4-6-8-14/h4-10,19H,11-12H2,1-3H3,(H,20,21). The average Bonchev–Trinajstić information content (AvgIpc) is 2.57. The van der Waals surface area contributed by atoms with Crippen molar-refractivity contribution < 1.29 is 17.9 Å². The van der Waals surface area contributed by atoms with E-state index in [0.717, 1.165) is 17.4 Å². The molecule has 1 amide bonds. The molecule has 0 fully saturated rings. The highest BCUT2D eigenvalue weighted by Gasteiger charge is 2.19. The summed E-state index contributed by atoms with van der Waals surface area (Å²) in [6, 6.07) is 12.9. The summed E-state index contributed by atoms with van der Waals surface area (Å²) in [5.74, 6) is 0.0114. The van der Waals surface area contributed by atoms with E-state index in [-0.39, 0.29) is 23.1 Å². The van der Waals surface area contributed by atoms with E-state index in [2.05, 4.69) is 10.6 Å². The lowest BCUT2D eigenvalue weighted by molar-refractivity contribution is -0.119. The highest BCUT2D eigenvalue weighted by Crippen LogP contribution is 2.33. The van der Waals surface area contributed by atoms with Crippen LogP contribution in [0.4, 0.5) is 5.69 Å². The molecule has 2 N–H and O–H groups in total. The Morgan fingerprint density at radius 3 is 2.44 bits per heavy atom. The summed E-state index contributed by atoms with van der Waals surface area (Å²) in [7, 11) is -2.04. The first kappa shape index (κ1) is 18.8. The molecule has 0 saturated heterocycles. The van der Waals surface area contributed by atoms with E-state index in [9.17, 15) is 13.2 Å². The van der Waals surface area contributed by atoms with Crippen molar-refractivity contribution in [3.05, 3.63) is 53.6 Å². The normalized spacial score (nSPS) is 11.0. The van der Waals surface area contributed by atoms with Crippen LogP contribution in [0, 0.1) is 6.92 Å². The minimum absolute atomic E-state index is 0.00977. The molecular weight excluding hydrogens is 340 g/mol. The molecule has 25 heavy (non-hydrogen) atoms. The molecule has 0 aliphatic heterocycles. The number of rotatable bonds is 7. The van der Waals surface area contributed by atoms with Crippen molar-refractivity contribution in [3.8, 4) is 5.75 Å². The molecule has 0 aliphatic carbocycles. The second kappa shape index (κ2) is 8.02. The van der Waals surface area contributed by atoms with Gasteiger partial charge in [-0.05, 0) is 30.2 Å². The summed E-state index contributed by atoms with van der Waals surface area (Å²) in [6.07, 6.45) is 1.13. The number of hydrogen-bond acceptors (Lipinski definition) is 5. The van der Waals surface area contributed by atoms with Gasteiger partial charge in [-0.1, -0.05) is 30.3 Å². The number of hydrogen-bond donors (Lipinski definition) is 2. The molecule has 6 nitrogen and oxygen atoms in total. The largest absolute Gasteiger partial charge is 0.493 e. The summed E-state index contributed by atoms with van der Waals surface area (Å²) < 4.78 is 29.1. The van der Waals surface area contributed by atoms with Gasteiger partial charge in [0.15, 0.2) is 15.6 Å². The van der Waals surface area contributed by atoms with Crippen molar-refractivity contribution in [3.63, 3.8) is 0 Å². The van der Waals surface area contributed by atoms with Gasteiger partial charge in [-0.2, -0.15) is 0 Å². The van der Waals surface area contributed by atoms with Crippen LogP contribution in [-0.2, 0) is 21.2 Å². The third kappa shape index (κ3) is 5.22. The first-order valence-corrected chi connectivity index (χ1v) is 9.63. The van der Waals surface area contributed by atoms with Crippen molar-refractivity contribution in [2.45, 2.75) is 18.4 Å². The first-order valence-electron chi connectivity index (χ1n) is 7.74. The van der Waals surface area contributed by atoms with Crippen LogP contribution in [-0.4, -0.2) is 34.2 Å². The number of sulfone groups is 1. The highest BCUT2D eigenvalue weighted by atomic mass is 32.2. The minimum Gasteiger partial charge on any atom is -0.493 e. The Morgan fingerprint density at radius 1 is 1.16 bits per heavy atom. The molecule has 7 heteroatoms. The lowest BCUT2D eigenvalue weighted by atomic mass is 10.2. The van der Waals surface area contributed by atoms with Crippen LogP contribution in [0.3, 0.4) is 0 Å². The van der Waals surface area contributed by atoms with Gasteiger partial charge in [-0.3, -0.25) is 4.79 Å². The second-order valence-electron chi connectivity index (χ2n) is 5.73. The monoisotopic (exact) mass is 362 g/mol. The summed E-state index contributed by atoms with van der Waals surface area (Å²) in [6.45, 7) is 2.23.